The Bertz CT molecular complexity index is 769. The molecule has 0 aliphatic carbocycles. The van der Waals surface area contributed by atoms with Gasteiger partial charge >= 0.3 is 0 Å². The topological polar surface area (TPSA) is 87.6 Å². The van der Waals surface area contributed by atoms with E-state index < -0.39 is 5.97 Å². The van der Waals surface area contributed by atoms with Crippen LogP contribution in [0.5, 0.6) is 11.5 Å². The third-order valence-corrected chi connectivity index (χ3v) is 3.53. The Labute approximate surface area is 139 Å². The molecule has 0 saturated heterocycles. The molecule has 6 heteroatoms. The van der Waals surface area contributed by atoms with Crippen LogP contribution in [-0.4, -0.2) is 24.5 Å². The lowest BCUT2D eigenvalue weighted by atomic mass is 10.2. The fourth-order valence-corrected chi connectivity index (χ4v) is 2.58. The van der Waals surface area contributed by atoms with Gasteiger partial charge in [-0.2, -0.15) is 4.99 Å². The average molecular weight is 326 g/mol. The summed E-state index contributed by atoms with van der Waals surface area (Å²) in [6.07, 6.45) is 0.789. The third-order valence-electron chi connectivity index (χ3n) is 3.53. The molecule has 2 aromatic rings. The summed E-state index contributed by atoms with van der Waals surface area (Å²) in [5.41, 5.74) is 2.22. The SMILES string of the molecule is CC(=O)[O-].c1ccc2c(c1)N=C(CC1COc3ccccc3O1)[NH2+]2. The molecule has 0 fully saturated rings. The fourth-order valence-electron chi connectivity index (χ4n) is 2.58. The van der Waals surface area contributed by atoms with Gasteiger partial charge in [0.2, 0.25) is 5.84 Å². The van der Waals surface area contributed by atoms with E-state index in [0.29, 0.717) is 6.61 Å². The molecule has 1 atom stereocenters. The summed E-state index contributed by atoms with van der Waals surface area (Å²) in [5, 5.41) is 11.0. The van der Waals surface area contributed by atoms with Crippen molar-refractivity contribution >= 4 is 23.2 Å². The van der Waals surface area contributed by atoms with Gasteiger partial charge in [-0.3, -0.25) is 5.32 Å². The molecule has 2 heterocycles. The lowest BCUT2D eigenvalue weighted by molar-refractivity contribution is -0.441. The van der Waals surface area contributed by atoms with E-state index in [9.17, 15) is 0 Å². The molecule has 0 radical (unpaired) electrons. The Morgan fingerprint density at radius 1 is 1.21 bits per heavy atom. The van der Waals surface area contributed by atoms with Crippen LogP contribution < -0.4 is 19.9 Å². The van der Waals surface area contributed by atoms with E-state index in [2.05, 4.69) is 16.4 Å². The quantitative estimate of drug-likeness (QED) is 0.831. The molecule has 24 heavy (non-hydrogen) atoms. The number of aliphatic carboxylic acids is 1. The summed E-state index contributed by atoms with van der Waals surface area (Å²) < 4.78 is 11.7. The predicted octanol–water partition coefficient (Wildman–Crippen LogP) is 0.911. The smallest absolute Gasteiger partial charge is 0.209 e. The molecule has 0 aromatic heterocycles. The van der Waals surface area contributed by atoms with Gasteiger partial charge in [-0.25, -0.2) is 0 Å². The Morgan fingerprint density at radius 3 is 2.62 bits per heavy atom. The first-order chi connectivity index (χ1) is 11.6. The first-order valence-electron chi connectivity index (χ1n) is 7.69. The standard InChI is InChI=1S/C16H14N2O2.C2H4O2/c1-2-6-13-12(5-1)17-16(18-13)9-11-10-19-14-7-3-4-8-15(14)20-11;1-2(3)4/h1-8,11H,9-10H2,(H,17,18);1H3,(H,3,4). The number of hydrogen-bond acceptors (Lipinski definition) is 5. The molecular formula is C18H18N2O4. The van der Waals surface area contributed by atoms with Gasteiger partial charge in [0.1, 0.15) is 18.4 Å². The van der Waals surface area contributed by atoms with Gasteiger partial charge in [-0.05, 0) is 25.1 Å². The predicted molar refractivity (Wildman–Crippen MR) is 86.8 cm³/mol. The van der Waals surface area contributed by atoms with E-state index in [-0.39, 0.29) is 6.10 Å². The number of fused-ring (bicyclic) bond motifs is 2. The number of carboxylic acids is 1. The monoisotopic (exact) mass is 326 g/mol. The number of aliphatic imine (C=N–C) groups is 1. The number of quaternary nitrogens is 1. The number of amidine groups is 1. The zero-order chi connectivity index (χ0) is 16.9. The molecule has 0 amide bonds. The van der Waals surface area contributed by atoms with Gasteiger partial charge in [0.25, 0.3) is 0 Å². The zero-order valence-corrected chi connectivity index (χ0v) is 13.3. The van der Waals surface area contributed by atoms with Crippen molar-refractivity contribution in [1.29, 1.82) is 0 Å². The van der Waals surface area contributed by atoms with Crippen molar-refractivity contribution < 1.29 is 24.7 Å². The Kier molecular flexibility index (Phi) is 4.77. The number of para-hydroxylation sites is 4. The van der Waals surface area contributed by atoms with Crippen LogP contribution in [0.1, 0.15) is 13.3 Å². The second kappa shape index (κ2) is 7.14. The molecule has 0 saturated carbocycles. The van der Waals surface area contributed by atoms with Crippen LogP contribution in [0.25, 0.3) is 0 Å². The van der Waals surface area contributed by atoms with Crippen molar-refractivity contribution in [2.24, 2.45) is 4.99 Å². The van der Waals surface area contributed by atoms with Crippen LogP contribution in [0.2, 0.25) is 0 Å². The number of carbonyl (C=O) groups excluding carboxylic acids is 1. The van der Waals surface area contributed by atoms with Crippen molar-refractivity contribution in [2.45, 2.75) is 19.4 Å². The van der Waals surface area contributed by atoms with E-state index in [1.165, 1.54) is 5.69 Å². The van der Waals surface area contributed by atoms with Crippen molar-refractivity contribution in [1.82, 2.24) is 0 Å². The average Bonchev–Trinajstić information content (AvgIpc) is 2.96. The van der Waals surface area contributed by atoms with E-state index in [4.69, 9.17) is 19.4 Å². The minimum atomic E-state index is -1.08. The molecule has 0 bridgehead atoms. The fraction of sp³-hybridized carbons (Fsp3) is 0.222. The number of ether oxygens (including phenoxy) is 2. The van der Waals surface area contributed by atoms with Gasteiger partial charge in [0.15, 0.2) is 17.2 Å². The van der Waals surface area contributed by atoms with Gasteiger partial charge in [0, 0.05) is 12.0 Å². The number of carboxylic acid groups (broad SMARTS) is 1. The summed E-state index contributed by atoms with van der Waals surface area (Å²) in [6.45, 7) is 1.54. The first-order valence-corrected chi connectivity index (χ1v) is 7.69. The normalized spacial score (nSPS) is 17.2. The summed E-state index contributed by atoms with van der Waals surface area (Å²) in [5.74, 6) is 1.61. The highest BCUT2D eigenvalue weighted by molar-refractivity contribution is 5.85. The van der Waals surface area contributed by atoms with Crippen LogP contribution in [0.4, 0.5) is 11.4 Å². The maximum absolute atomic E-state index is 8.89. The van der Waals surface area contributed by atoms with E-state index in [0.717, 1.165) is 36.4 Å². The highest BCUT2D eigenvalue weighted by Crippen LogP contribution is 2.32. The summed E-state index contributed by atoms with van der Waals surface area (Å²) in [6, 6.07) is 15.9. The molecule has 124 valence electrons. The number of hydrogen-bond donors (Lipinski definition) is 1. The minimum absolute atomic E-state index is 0.0224. The maximum atomic E-state index is 8.89. The number of rotatable bonds is 2. The lowest BCUT2D eigenvalue weighted by Gasteiger charge is -2.25. The first kappa shape index (κ1) is 16.0. The van der Waals surface area contributed by atoms with E-state index >= 15 is 0 Å². The van der Waals surface area contributed by atoms with Gasteiger partial charge in [0.05, 0.1) is 6.42 Å². The largest absolute Gasteiger partial charge is 0.550 e. The van der Waals surface area contributed by atoms with E-state index in [1.807, 2.05) is 42.5 Å². The van der Waals surface area contributed by atoms with Crippen molar-refractivity contribution in [3.63, 3.8) is 0 Å². The molecule has 6 nitrogen and oxygen atoms in total. The Morgan fingerprint density at radius 2 is 1.88 bits per heavy atom. The highest BCUT2D eigenvalue weighted by atomic mass is 16.6. The summed E-state index contributed by atoms with van der Waals surface area (Å²) in [7, 11) is 0. The second-order valence-corrected chi connectivity index (χ2v) is 5.50. The molecule has 2 N–H and O–H groups in total. The van der Waals surface area contributed by atoms with Crippen molar-refractivity contribution in [2.75, 3.05) is 6.61 Å². The molecular weight excluding hydrogens is 308 g/mol. The summed E-state index contributed by atoms with van der Waals surface area (Å²) in [4.78, 5) is 13.5. The van der Waals surface area contributed by atoms with Crippen molar-refractivity contribution in [3.8, 4) is 11.5 Å². The maximum Gasteiger partial charge on any atom is 0.209 e. The van der Waals surface area contributed by atoms with Crippen LogP contribution in [0.3, 0.4) is 0 Å². The van der Waals surface area contributed by atoms with Gasteiger partial charge < -0.3 is 19.4 Å². The minimum Gasteiger partial charge on any atom is -0.550 e. The molecule has 0 spiro atoms. The van der Waals surface area contributed by atoms with Gasteiger partial charge in [-0.1, -0.05) is 24.3 Å². The molecule has 2 aliphatic heterocycles. The third kappa shape index (κ3) is 3.91. The van der Waals surface area contributed by atoms with Crippen LogP contribution >= 0.6 is 0 Å². The lowest BCUT2D eigenvalue weighted by Crippen LogP contribution is -2.81. The molecule has 2 aliphatic rings. The number of benzene rings is 2. The van der Waals surface area contributed by atoms with Crippen LogP contribution in [0, 0.1) is 0 Å². The highest BCUT2D eigenvalue weighted by Gasteiger charge is 2.27. The van der Waals surface area contributed by atoms with Crippen LogP contribution in [0.15, 0.2) is 53.5 Å². The Balaban J connectivity index is 0.000000383. The second-order valence-electron chi connectivity index (χ2n) is 5.50. The summed E-state index contributed by atoms with van der Waals surface area (Å²) >= 11 is 0. The molecule has 2 aromatic carbocycles. The molecule has 1 unspecified atom stereocenters. The number of nitrogens with zero attached hydrogens (tertiary/aromatic N) is 1. The van der Waals surface area contributed by atoms with Crippen molar-refractivity contribution in [3.05, 3.63) is 48.5 Å². The Hall–Kier alpha value is -2.86. The van der Waals surface area contributed by atoms with Gasteiger partial charge in [-0.15, -0.1) is 0 Å². The number of nitrogens with two attached hydrogens (primary N) is 1. The van der Waals surface area contributed by atoms with E-state index in [1.54, 1.807) is 0 Å². The molecule has 4 rings (SSSR count). The van der Waals surface area contributed by atoms with Crippen LogP contribution in [-0.2, 0) is 4.79 Å². The zero-order valence-electron chi connectivity index (χ0n) is 13.3. The number of carbonyl (C=O) groups is 1.